The van der Waals surface area contributed by atoms with Gasteiger partial charge in [0.25, 0.3) is 5.91 Å². The van der Waals surface area contributed by atoms with Crippen LogP contribution < -0.4 is 10.9 Å². The van der Waals surface area contributed by atoms with Gasteiger partial charge in [0.1, 0.15) is 18.6 Å². The Morgan fingerprint density at radius 3 is 3.18 bits per heavy atom. The molecule has 3 heterocycles. The molecule has 1 N–H and O–H groups in total. The number of fused-ring (bicyclic) bond motifs is 1. The number of furan rings is 1. The number of nitrogens with one attached hydrogen (secondary N) is 1. The van der Waals surface area contributed by atoms with Gasteiger partial charge in [-0.1, -0.05) is 0 Å². The average Bonchev–Trinajstić information content (AvgIpc) is 3.14. The van der Waals surface area contributed by atoms with Crippen molar-refractivity contribution in [3.63, 3.8) is 0 Å². The first-order valence-corrected chi connectivity index (χ1v) is 6.41. The summed E-state index contributed by atoms with van der Waals surface area (Å²) in [6.45, 7) is 1.69. The largest absolute Gasteiger partial charge is 0.463 e. The maximum Gasteiger partial charge on any atom is 0.261 e. The van der Waals surface area contributed by atoms with E-state index < -0.39 is 0 Å². The fraction of sp³-hybridized carbons (Fsp3) is 0.154. The van der Waals surface area contributed by atoms with Gasteiger partial charge in [0.05, 0.1) is 12.5 Å². The van der Waals surface area contributed by atoms with E-state index in [1.54, 1.807) is 23.7 Å². The van der Waals surface area contributed by atoms with Gasteiger partial charge in [-0.2, -0.15) is 5.10 Å². The summed E-state index contributed by atoms with van der Waals surface area (Å²) in [5, 5.41) is 11.2. The highest BCUT2D eigenvalue weighted by molar-refractivity contribution is 5.80. The number of hydrogen-bond donors (Lipinski definition) is 1. The second-order valence-electron chi connectivity index (χ2n) is 4.52. The summed E-state index contributed by atoms with van der Waals surface area (Å²) < 4.78 is 8.07. The molecule has 9 heteroatoms. The lowest BCUT2D eigenvalue weighted by molar-refractivity contribution is -0.121. The number of carbonyl (C=O) groups excluding carboxylic acids is 1. The molecule has 112 valence electrons. The van der Waals surface area contributed by atoms with Crippen LogP contribution in [0, 0.1) is 6.92 Å². The first kappa shape index (κ1) is 13.7. The lowest BCUT2D eigenvalue weighted by atomic mass is 10.4. The predicted octanol–water partition coefficient (Wildman–Crippen LogP) is -0.0573. The monoisotopic (exact) mass is 300 g/mol. The van der Waals surface area contributed by atoms with Crippen molar-refractivity contribution in [3.05, 3.63) is 52.5 Å². The van der Waals surface area contributed by atoms with E-state index >= 15 is 0 Å². The summed E-state index contributed by atoms with van der Waals surface area (Å²) in [7, 11) is 0. The zero-order valence-corrected chi connectivity index (χ0v) is 11.6. The quantitative estimate of drug-likeness (QED) is 0.536. The van der Waals surface area contributed by atoms with Crippen molar-refractivity contribution >= 4 is 17.8 Å². The van der Waals surface area contributed by atoms with E-state index in [0.717, 1.165) is 0 Å². The fourth-order valence-electron chi connectivity index (χ4n) is 1.97. The standard InChI is InChI=1S/C13H12N6O3/c1-9-5-11(20)13-17-15-8-19(13)18(9)7-12(21)16-14-6-10-3-2-4-22-10/h2-6,8H,7H2,1H3,(H,16,21)/b14-6+. The summed E-state index contributed by atoms with van der Waals surface area (Å²) in [6, 6.07) is 4.83. The molecule has 0 atom stereocenters. The number of rotatable bonds is 4. The summed E-state index contributed by atoms with van der Waals surface area (Å²) in [5.41, 5.74) is 2.92. The van der Waals surface area contributed by atoms with Crippen LogP contribution in [0.1, 0.15) is 11.5 Å². The van der Waals surface area contributed by atoms with Crippen LogP contribution in [0.3, 0.4) is 0 Å². The van der Waals surface area contributed by atoms with Crippen LogP contribution in [0.4, 0.5) is 0 Å². The zero-order valence-electron chi connectivity index (χ0n) is 11.6. The van der Waals surface area contributed by atoms with Gasteiger partial charge in [-0.15, -0.1) is 10.2 Å². The van der Waals surface area contributed by atoms with Crippen molar-refractivity contribution in [1.82, 2.24) is 24.8 Å². The van der Waals surface area contributed by atoms with Crippen molar-refractivity contribution in [1.29, 1.82) is 0 Å². The van der Waals surface area contributed by atoms with E-state index in [0.29, 0.717) is 11.5 Å². The topological polar surface area (TPSA) is 107 Å². The first-order valence-electron chi connectivity index (χ1n) is 6.41. The summed E-state index contributed by atoms with van der Waals surface area (Å²) in [6.07, 6.45) is 4.28. The number of amides is 1. The predicted molar refractivity (Wildman–Crippen MR) is 76.4 cm³/mol. The Morgan fingerprint density at radius 1 is 1.55 bits per heavy atom. The van der Waals surface area contributed by atoms with E-state index in [1.807, 2.05) is 0 Å². The number of hydrazone groups is 1. The van der Waals surface area contributed by atoms with Gasteiger partial charge in [-0.3, -0.25) is 14.3 Å². The van der Waals surface area contributed by atoms with Gasteiger partial charge < -0.3 is 4.42 Å². The molecule has 9 nitrogen and oxygen atoms in total. The smallest absolute Gasteiger partial charge is 0.261 e. The third-order valence-corrected chi connectivity index (χ3v) is 2.98. The third-order valence-electron chi connectivity index (χ3n) is 2.98. The van der Waals surface area contributed by atoms with Crippen molar-refractivity contribution in [2.24, 2.45) is 5.10 Å². The van der Waals surface area contributed by atoms with Crippen LogP contribution in [-0.4, -0.2) is 31.5 Å². The molecule has 0 aromatic carbocycles. The van der Waals surface area contributed by atoms with Crippen LogP contribution >= 0.6 is 0 Å². The molecule has 0 saturated heterocycles. The van der Waals surface area contributed by atoms with Crippen LogP contribution in [-0.2, 0) is 11.3 Å². The molecule has 0 radical (unpaired) electrons. The van der Waals surface area contributed by atoms with Gasteiger partial charge in [0.15, 0.2) is 0 Å². The van der Waals surface area contributed by atoms with Gasteiger partial charge >= 0.3 is 0 Å². The Labute approximate surface area is 123 Å². The van der Waals surface area contributed by atoms with Crippen LogP contribution in [0.5, 0.6) is 0 Å². The maximum absolute atomic E-state index is 11.9. The second kappa shape index (κ2) is 5.64. The molecule has 0 bridgehead atoms. The van der Waals surface area contributed by atoms with Gasteiger partial charge in [0.2, 0.25) is 11.1 Å². The molecule has 0 aliphatic heterocycles. The van der Waals surface area contributed by atoms with Gasteiger partial charge in [-0.25, -0.2) is 9.94 Å². The summed E-state index contributed by atoms with van der Waals surface area (Å²) in [4.78, 5) is 23.7. The summed E-state index contributed by atoms with van der Waals surface area (Å²) in [5.74, 6) is 0.172. The molecule has 0 unspecified atom stereocenters. The Hall–Kier alpha value is -3.23. The molecule has 3 aromatic rings. The average molecular weight is 300 g/mol. The number of aromatic nitrogens is 4. The van der Waals surface area contributed by atoms with E-state index in [2.05, 4.69) is 20.7 Å². The minimum atomic E-state index is -0.357. The molecule has 0 saturated carbocycles. The Kier molecular flexibility index (Phi) is 3.52. The van der Waals surface area contributed by atoms with Crippen molar-refractivity contribution in [3.8, 4) is 0 Å². The van der Waals surface area contributed by atoms with Crippen LogP contribution in [0.15, 0.2) is 45.1 Å². The Balaban J connectivity index is 1.77. The molecule has 0 aliphatic carbocycles. The Morgan fingerprint density at radius 2 is 2.41 bits per heavy atom. The van der Waals surface area contributed by atoms with Gasteiger partial charge in [-0.05, 0) is 19.1 Å². The van der Waals surface area contributed by atoms with Crippen LogP contribution in [0.25, 0.3) is 5.65 Å². The second-order valence-corrected chi connectivity index (χ2v) is 4.52. The van der Waals surface area contributed by atoms with E-state index in [-0.39, 0.29) is 23.5 Å². The van der Waals surface area contributed by atoms with Gasteiger partial charge in [0, 0.05) is 11.8 Å². The molecule has 3 aromatic heterocycles. The SMILES string of the molecule is Cc1cc(=O)c2nncn2n1CC(=O)N/N=C/c1ccco1. The molecule has 0 fully saturated rings. The first-order chi connectivity index (χ1) is 10.6. The molecule has 0 aliphatic rings. The number of hydrogen-bond acceptors (Lipinski definition) is 6. The highest BCUT2D eigenvalue weighted by atomic mass is 16.3. The normalized spacial score (nSPS) is 11.3. The molecule has 1 amide bonds. The molecule has 0 spiro atoms. The molecular weight excluding hydrogens is 288 g/mol. The number of nitrogens with zero attached hydrogens (tertiary/aromatic N) is 5. The fourth-order valence-corrected chi connectivity index (χ4v) is 1.97. The molecule has 3 rings (SSSR count). The van der Waals surface area contributed by atoms with E-state index in [1.165, 1.54) is 29.4 Å². The minimum Gasteiger partial charge on any atom is -0.463 e. The lowest BCUT2D eigenvalue weighted by Crippen LogP contribution is -2.28. The van der Waals surface area contributed by atoms with Crippen molar-refractivity contribution in [2.45, 2.75) is 13.5 Å². The molecule has 22 heavy (non-hydrogen) atoms. The zero-order chi connectivity index (χ0) is 15.5. The highest BCUT2D eigenvalue weighted by Gasteiger charge is 2.10. The summed E-state index contributed by atoms with van der Waals surface area (Å²) >= 11 is 0. The number of aryl methyl sites for hydroxylation is 1. The maximum atomic E-state index is 11.9. The van der Waals surface area contributed by atoms with E-state index in [9.17, 15) is 9.59 Å². The van der Waals surface area contributed by atoms with Crippen LogP contribution in [0.2, 0.25) is 0 Å². The highest BCUT2D eigenvalue weighted by Crippen LogP contribution is 1.99. The lowest BCUT2D eigenvalue weighted by Gasteiger charge is -2.11. The third kappa shape index (κ3) is 2.64. The van der Waals surface area contributed by atoms with Crippen molar-refractivity contribution < 1.29 is 9.21 Å². The Bertz CT molecular complexity index is 890. The number of carbonyl (C=O) groups is 1. The minimum absolute atomic E-state index is 0.0316. The van der Waals surface area contributed by atoms with E-state index in [4.69, 9.17) is 4.42 Å². The van der Waals surface area contributed by atoms with Crippen molar-refractivity contribution in [2.75, 3.05) is 0 Å². The molecular formula is C13H12N6O3.